The topological polar surface area (TPSA) is 12.0 Å². The summed E-state index contributed by atoms with van der Waals surface area (Å²) in [4.78, 5) is 0. The van der Waals surface area contributed by atoms with Crippen LogP contribution in [0.15, 0.2) is 54.6 Å². The average Bonchev–Trinajstić information content (AvgIpc) is 2.46. The Bertz CT molecular complexity index is 535. The smallest absolute Gasteiger partial charge is 0.285 e. The van der Waals surface area contributed by atoms with Crippen LogP contribution in [0, 0.1) is 6.92 Å². The SMILES string of the molecule is Cc1ccc([C@@H](C)NCC(F)(F)c2ccccc2)cc1. The summed E-state index contributed by atoms with van der Waals surface area (Å²) < 4.78 is 28.1. The van der Waals surface area contributed by atoms with Gasteiger partial charge in [0.25, 0.3) is 5.92 Å². The monoisotopic (exact) mass is 275 g/mol. The van der Waals surface area contributed by atoms with Gasteiger partial charge < -0.3 is 5.32 Å². The van der Waals surface area contributed by atoms with Crippen molar-refractivity contribution in [2.75, 3.05) is 6.54 Å². The molecule has 2 aromatic carbocycles. The van der Waals surface area contributed by atoms with Crippen LogP contribution in [0.1, 0.15) is 29.7 Å². The summed E-state index contributed by atoms with van der Waals surface area (Å²) >= 11 is 0. The molecule has 1 nitrogen and oxygen atoms in total. The molecule has 1 N–H and O–H groups in total. The Labute approximate surface area is 118 Å². The molecule has 0 saturated heterocycles. The number of halogens is 2. The van der Waals surface area contributed by atoms with Crippen LogP contribution in [0.3, 0.4) is 0 Å². The van der Waals surface area contributed by atoms with Gasteiger partial charge in [-0.1, -0.05) is 60.2 Å². The van der Waals surface area contributed by atoms with Crippen molar-refractivity contribution in [1.82, 2.24) is 5.32 Å². The molecule has 106 valence electrons. The summed E-state index contributed by atoms with van der Waals surface area (Å²) in [6.07, 6.45) is 0. The van der Waals surface area contributed by atoms with E-state index in [9.17, 15) is 8.78 Å². The molecule has 2 rings (SSSR count). The minimum absolute atomic E-state index is 0.0450. The summed E-state index contributed by atoms with van der Waals surface area (Å²) in [5.41, 5.74) is 2.22. The van der Waals surface area contributed by atoms with Gasteiger partial charge in [-0.25, -0.2) is 0 Å². The van der Waals surface area contributed by atoms with E-state index in [2.05, 4.69) is 5.32 Å². The lowest BCUT2D eigenvalue weighted by Gasteiger charge is -2.21. The van der Waals surface area contributed by atoms with Gasteiger partial charge in [-0.2, -0.15) is 8.78 Å². The second-order valence-corrected chi connectivity index (χ2v) is 5.08. The number of hydrogen-bond acceptors (Lipinski definition) is 1. The number of nitrogens with one attached hydrogen (secondary N) is 1. The maximum Gasteiger partial charge on any atom is 0.285 e. The molecule has 2 aromatic rings. The molecule has 0 aliphatic rings. The normalized spacial score (nSPS) is 13.2. The van der Waals surface area contributed by atoms with Gasteiger partial charge in [0.1, 0.15) is 0 Å². The van der Waals surface area contributed by atoms with E-state index in [1.165, 1.54) is 12.1 Å². The van der Waals surface area contributed by atoms with Crippen LogP contribution in [0.2, 0.25) is 0 Å². The summed E-state index contributed by atoms with van der Waals surface area (Å²) in [6, 6.07) is 15.7. The standard InChI is InChI=1S/C17H19F2N/c1-13-8-10-15(11-9-13)14(2)20-12-17(18,19)16-6-4-3-5-7-16/h3-11,14,20H,12H2,1-2H3/t14-/m1/s1. The van der Waals surface area contributed by atoms with E-state index in [1.54, 1.807) is 18.2 Å². The zero-order valence-corrected chi connectivity index (χ0v) is 11.7. The minimum atomic E-state index is -2.86. The minimum Gasteiger partial charge on any atom is -0.304 e. The molecule has 3 heteroatoms. The van der Waals surface area contributed by atoms with Crippen molar-refractivity contribution in [2.24, 2.45) is 0 Å². The molecule has 0 unspecified atom stereocenters. The number of alkyl halides is 2. The Morgan fingerprint density at radius 1 is 1.00 bits per heavy atom. The zero-order valence-electron chi connectivity index (χ0n) is 11.7. The molecular formula is C17H19F2N. The summed E-state index contributed by atoms with van der Waals surface area (Å²) in [6.45, 7) is 3.53. The van der Waals surface area contributed by atoms with Gasteiger partial charge in [0.15, 0.2) is 0 Å². The van der Waals surface area contributed by atoms with Crippen molar-refractivity contribution < 1.29 is 8.78 Å². The number of rotatable bonds is 5. The highest BCUT2D eigenvalue weighted by molar-refractivity contribution is 5.24. The second kappa shape index (κ2) is 6.14. The molecule has 0 bridgehead atoms. The molecule has 0 radical (unpaired) electrons. The van der Waals surface area contributed by atoms with Crippen LogP contribution < -0.4 is 5.32 Å². The molecule has 0 aliphatic heterocycles. The lowest BCUT2D eigenvalue weighted by Crippen LogP contribution is -2.32. The highest BCUT2D eigenvalue weighted by atomic mass is 19.3. The maximum atomic E-state index is 14.0. The van der Waals surface area contributed by atoms with Gasteiger partial charge in [0, 0.05) is 11.6 Å². The Morgan fingerprint density at radius 2 is 1.60 bits per heavy atom. The van der Waals surface area contributed by atoms with Crippen molar-refractivity contribution in [1.29, 1.82) is 0 Å². The fourth-order valence-electron chi connectivity index (χ4n) is 2.04. The summed E-state index contributed by atoms with van der Waals surface area (Å²) in [7, 11) is 0. The van der Waals surface area contributed by atoms with E-state index in [4.69, 9.17) is 0 Å². The van der Waals surface area contributed by atoms with Gasteiger partial charge in [-0.05, 0) is 19.4 Å². The Hall–Kier alpha value is -1.74. The first-order valence-corrected chi connectivity index (χ1v) is 6.72. The molecule has 1 atom stereocenters. The Balaban J connectivity index is 1.99. The first-order valence-electron chi connectivity index (χ1n) is 6.72. The molecular weight excluding hydrogens is 256 g/mol. The van der Waals surface area contributed by atoms with E-state index >= 15 is 0 Å². The predicted octanol–water partition coefficient (Wildman–Crippen LogP) is 4.44. The molecule has 0 aromatic heterocycles. The van der Waals surface area contributed by atoms with Crippen LogP contribution in [-0.2, 0) is 5.92 Å². The Morgan fingerprint density at radius 3 is 2.20 bits per heavy atom. The van der Waals surface area contributed by atoms with Gasteiger partial charge in [0.2, 0.25) is 0 Å². The largest absolute Gasteiger partial charge is 0.304 e. The van der Waals surface area contributed by atoms with Gasteiger partial charge >= 0.3 is 0 Å². The lowest BCUT2D eigenvalue weighted by atomic mass is 10.1. The highest BCUT2D eigenvalue weighted by Gasteiger charge is 2.31. The van der Waals surface area contributed by atoms with E-state index in [0.29, 0.717) is 0 Å². The van der Waals surface area contributed by atoms with Crippen LogP contribution in [0.4, 0.5) is 8.78 Å². The van der Waals surface area contributed by atoms with Gasteiger partial charge in [-0.3, -0.25) is 0 Å². The Kier molecular flexibility index (Phi) is 4.50. The quantitative estimate of drug-likeness (QED) is 0.850. The molecule has 0 amide bonds. The molecule has 0 heterocycles. The second-order valence-electron chi connectivity index (χ2n) is 5.08. The third-order valence-electron chi connectivity index (χ3n) is 3.40. The van der Waals surface area contributed by atoms with Crippen molar-refractivity contribution >= 4 is 0 Å². The van der Waals surface area contributed by atoms with E-state index in [-0.39, 0.29) is 18.2 Å². The highest BCUT2D eigenvalue weighted by Crippen LogP contribution is 2.27. The summed E-state index contributed by atoms with van der Waals surface area (Å²) in [5.74, 6) is -2.86. The van der Waals surface area contributed by atoms with E-state index in [0.717, 1.165) is 11.1 Å². The van der Waals surface area contributed by atoms with Crippen LogP contribution in [0.5, 0.6) is 0 Å². The van der Waals surface area contributed by atoms with E-state index in [1.807, 2.05) is 38.1 Å². The zero-order chi connectivity index (χ0) is 14.6. The molecule has 0 aliphatic carbocycles. The third-order valence-corrected chi connectivity index (χ3v) is 3.40. The van der Waals surface area contributed by atoms with Crippen molar-refractivity contribution in [3.05, 3.63) is 71.3 Å². The first kappa shape index (κ1) is 14.7. The molecule has 20 heavy (non-hydrogen) atoms. The fourth-order valence-corrected chi connectivity index (χ4v) is 2.04. The first-order chi connectivity index (χ1) is 9.49. The average molecular weight is 275 g/mol. The number of aryl methyl sites for hydroxylation is 1. The maximum absolute atomic E-state index is 14.0. The van der Waals surface area contributed by atoms with Gasteiger partial charge in [0.05, 0.1) is 6.54 Å². The lowest BCUT2D eigenvalue weighted by molar-refractivity contribution is -0.00534. The van der Waals surface area contributed by atoms with Crippen molar-refractivity contribution in [3.8, 4) is 0 Å². The predicted molar refractivity (Wildman–Crippen MR) is 77.9 cm³/mol. The van der Waals surface area contributed by atoms with Crippen LogP contribution in [-0.4, -0.2) is 6.54 Å². The fraction of sp³-hybridized carbons (Fsp3) is 0.294. The third kappa shape index (κ3) is 3.64. The summed E-state index contributed by atoms with van der Waals surface area (Å²) in [5, 5.41) is 2.91. The van der Waals surface area contributed by atoms with Crippen molar-refractivity contribution in [3.63, 3.8) is 0 Å². The van der Waals surface area contributed by atoms with E-state index < -0.39 is 5.92 Å². The van der Waals surface area contributed by atoms with Crippen LogP contribution >= 0.6 is 0 Å². The number of hydrogen-bond donors (Lipinski definition) is 1. The van der Waals surface area contributed by atoms with Crippen LogP contribution in [0.25, 0.3) is 0 Å². The molecule has 0 spiro atoms. The molecule has 0 saturated carbocycles. The van der Waals surface area contributed by atoms with Gasteiger partial charge in [-0.15, -0.1) is 0 Å². The van der Waals surface area contributed by atoms with Crippen molar-refractivity contribution in [2.45, 2.75) is 25.8 Å². The number of benzene rings is 2. The molecule has 0 fully saturated rings.